The first-order chi connectivity index (χ1) is 9.31. The molecule has 0 atom stereocenters. The molecule has 0 radical (unpaired) electrons. The number of nitrogens with two attached hydrogens (primary N) is 1. The fraction of sp³-hybridized carbons (Fsp3) is 0.692. The molecule has 106 valence electrons. The Morgan fingerprint density at radius 1 is 1.26 bits per heavy atom. The molecule has 1 aromatic rings. The van der Waals surface area contributed by atoms with Gasteiger partial charge in [-0.1, -0.05) is 19.3 Å². The molecule has 2 rings (SSSR count). The third-order valence-corrected chi connectivity index (χ3v) is 3.32. The van der Waals surface area contributed by atoms with Crippen LogP contribution in [0.5, 0.6) is 5.88 Å². The van der Waals surface area contributed by atoms with Gasteiger partial charge >= 0.3 is 0 Å². The van der Waals surface area contributed by atoms with E-state index in [1.165, 1.54) is 38.4 Å². The lowest BCUT2D eigenvalue weighted by Gasteiger charge is -2.24. The lowest BCUT2D eigenvalue weighted by atomic mass is 9.95. The Kier molecular flexibility index (Phi) is 5.20. The van der Waals surface area contributed by atoms with Crippen LogP contribution in [0.2, 0.25) is 0 Å². The molecule has 0 unspecified atom stereocenters. The molecule has 1 aliphatic carbocycles. The number of methoxy groups -OCH3 is 1. The minimum Gasteiger partial charge on any atom is -0.474 e. The van der Waals surface area contributed by atoms with Crippen molar-refractivity contribution in [2.45, 2.75) is 38.1 Å². The largest absolute Gasteiger partial charge is 0.474 e. The van der Waals surface area contributed by atoms with Crippen molar-refractivity contribution in [2.75, 3.05) is 31.4 Å². The summed E-state index contributed by atoms with van der Waals surface area (Å²) in [5.41, 5.74) is 6.51. The van der Waals surface area contributed by atoms with Crippen LogP contribution in [0.4, 0.5) is 11.5 Å². The second-order valence-electron chi connectivity index (χ2n) is 4.76. The van der Waals surface area contributed by atoms with Crippen molar-refractivity contribution in [1.29, 1.82) is 0 Å². The third-order valence-electron chi connectivity index (χ3n) is 3.32. The molecular formula is C13H22N4O2. The van der Waals surface area contributed by atoms with Gasteiger partial charge in [-0.3, -0.25) is 0 Å². The topological polar surface area (TPSA) is 82.3 Å². The normalized spacial score (nSPS) is 16.3. The van der Waals surface area contributed by atoms with Crippen LogP contribution >= 0.6 is 0 Å². The minimum absolute atomic E-state index is 0.422. The zero-order chi connectivity index (χ0) is 13.5. The minimum atomic E-state index is 0.422. The summed E-state index contributed by atoms with van der Waals surface area (Å²) in [5, 5.41) is 3.39. The van der Waals surface area contributed by atoms with E-state index >= 15 is 0 Å². The Balaban J connectivity index is 1.97. The second kappa shape index (κ2) is 7.13. The van der Waals surface area contributed by atoms with Crippen molar-refractivity contribution in [3.05, 3.63) is 6.33 Å². The fourth-order valence-corrected chi connectivity index (χ4v) is 2.27. The first kappa shape index (κ1) is 13.9. The van der Waals surface area contributed by atoms with Gasteiger partial charge in [0.1, 0.15) is 18.6 Å². The van der Waals surface area contributed by atoms with Crippen molar-refractivity contribution < 1.29 is 9.47 Å². The van der Waals surface area contributed by atoms with Crippen LogP contribution in [0, 0.1) is 0 Å². The van der Waals surface area contributed by atoms with Gasteiger partial charge in [-0.25, -0.2) is 4.98 Å². The van der Waals surface area contributed by atoms with Gasteiger partial charge in [-0.2, -0.15) is 4.98 Å². The lowest BCUT2D eigenvalue weighted by molar-refractivity contribution is 0.144. The molecule has 0 saturated heterocycles. The van der Waals surface area contributed by atoms with Crippen molar-refractivity contribution in [3.63, 3.8) is 0 Å². The van der Waals surface area contributed by atoms with Gasteiger partial charge in [0.2, 0.25) is 5.88 Å². The molecular weight excluding hydrogens is 244 g/mol. The van der Waals surface area contributed by atoms with E-state index in [2.05, 4.69) is 15.3 Å². The zero-order valence-electron chi connectivity index (χ0n) is 11.4. The number of ether oxygens (including phenoxy) is 2. The molecule has 19 heavy (non-hydrogen) atoms. The number of hydrogen-bond donors (Lipinski definition) is 2. The fourth-order valence-electron chi connectivity index (χ4n) is 2.27. The number of hydrogen-bond acceptors (Lipinski definition) is 6. The molecule has 0 aromatic carbocycles. The van der Waals surface area contributed by atoms with Crippen LogP contribution in [0.1, 0.15) is 32.1 Å². The maximum atomic E-state index is 6.03. The highest BCUT2D eigenvalue weighted by Gasteiger charge is 2.16. The van der Waals surface area contributed by atoms with Crippen LogP contribution in [0.3, 0.4) is 0 Å². The Hall–Kier alpha value is -1.56. The van der Waals surface area contributed by atoms with Crippen molar-refractivity contribution >= 4 is 11.5 Å². The molecule has 3 N–H and O–H groups in total. The monoisotopic (exact) mass is 266 g/mol. The number of nitrogen functional groups attached to an aromatic ring is 1. The van der Waals surface area contributed by atoms with E-state index in [0.29, 0.717) is 36.6 Å². The molecule has 1 aliphatic rings. The number of nitrogens with one attached hydrogen (secondary N) is 1. The van der Waals surface area contributed by atoms with E-state index < -0.39 is 0 Å². The van der Waals surface area contributed by atoms with E-state index in [1.807, 2.05) is 0 Å². The van der Waals surface area contributed by atoms with Gasteiger partial charge in [0.15, 0.2) is 5.82 Å². The van der Waals surface area contributed by atoms with E-state index in [-0.39, 0.29) is 0 Å². The van der Waals surface area contributed by atoms with Crippen LogP contribution in [-0.2, 0) is 4.74 Å². The van der Waals surface area contributed by atoms with Crippen molar-refractivity contribution in [3.8, 4) is 5.88 Å². The molecule has 1 heterocycles. The quantitative estimate of drug-likeness (QED) is 0.764. The van der Waals surface area contributed by atoms with Gasteiger partial charge in [-0.15, -0.1) is 0 Å². The summed E-state index contributed by atoms with van der Waals surface area (Å²) in [6.45, 7) is 0.940. The zero-order valence-corrected chi connectivity index (χ0v) is 11.4. The van der Waals surface area contributed by atoms with E-state index in [1.54, 1.807) is 7.11 Å². The van der Waals surface area contributed by atoms with Gasteiger partial charge in [0.05, 0.1) is 6.61 Å². The summed E-state index contributed by atoms with van der Waals surface area (Å²) >= 11 is 0. The van der Waals surface area contributed by atoms with E-state index in [4.69, 9.17) is 15.2 Å². The molecule has 6 heteroatoms. The Morgan fingerprint density at radius 2 is 2.05 bits per heavy atom. The Morgan fingerprint density at radius 3 is 2.79 bits per heavy atom. The average Bonchev–Trinajstić information content (AvgIpc) is 2.44. The molecule has 0 aliphatic heterocycles. The summed E-state index contributed by atoms with van der Waals surface area (Å²) in [4.78, 5) is 8.25. The number of aromatic nitrogens is 2. The average molecular weight is 266 g/mol. The second-order valence-corrected chi connectivity index (χ2v) is 4.76. The van der Waals surface area contributed by atoms with Gasteiger partial charge in [0, 0.05) is 13.2 Å². The third kappa shape index (κ3) is 3.96. The van der Waals surface area contributed by atoms with Crippen molar-refractivity contribution in [2.24, 2.45) is 0 Å². The number of anilines is 2. The number of nitrogens with zero attached hydrogens (tertiary/aromatic N) is 2. The van der Waals surface area contributed by atoms with Gasteiger partial charge in [-0.05, 0) is 12.8 Å². The molecule has 0 spiro atoms. The molecule has 0 amide bonds. The highest BCUT2D eigenvalue weighted by Crippen LogP contribution is 2.28. The highest BCUT2D eigenvalue weighted by atomic mass is 16.5. The molecule has 6 nitrogen and oxygen atoms in total. The van der Waals surface area contributed by atoms with Crippen molar-refractivity contribution in [1.82, 2.24) is 9.97 Å². The van der Waals surface area contributed by atoms with Gasteiger partial charge in [0.25, 0.3) is 0 Å². The smallest absolute Gasteiger partial charge is 0.242 e. The predicted molar refractivity (Wildman–Crippen MR) is 74.3 cm³/mol. The van der Waals surface area contributed by atoms with Crippen LogP contribution < -0.4 is 15.8 Å². The molecule has 1 saturated carbocycles. The van der Waals surface area contributed by atoms with Crippen LogP contribution in [-0.4, -0.2) is 36.3 Å². The number of rotatable bonds is 6. The van der Waals surface area contributed by atoms with E-state index in [9.17, 15) is 0 Å². The van der Waals surface area contributed by atoms with E-state index in [0.717, 1.165) is 0 Å². The maximum Gasteiger partial charge on any atom is 0.242 e. The SMILES string of the molecule is COCCOc1ncnc(NC2CCCCC2)c1N. The highest BCUT2D eigenvalue weighted by molar-refractivity contribution is 5.66. The molecule has 0 bridgehead atoms. The first-order valence-corrected chi connectivity index (χ1v) is 6.80. The summed E-state index contributed by atoms with van der Waals surface area (Å²) in [6, 6.07) is 0.456. The van der Waals surface area contributed by atoms with Crippen LogP contribution in [0.15, 0.2) is 6.33 Å². The summed E-state index contributed by atoms with van der Waals surface area (Å²) in [6.07, 6.45) is 7.67. The summed E-state index contributed by atoms with van der Waals surface area (Å²) in [5.74, 6) is 1.10. The maximum absolute atomic E-state index is 6.03. The Labute approximate surface area is 113 Å². The van der Waals surface area contributed by atoms with Gasteiger partial charge < -0.3 is 20.5 Å². The molecule has 1 fully saturated rings. The standard InChI is InChI=1S/C13H22N4O2/c1-18-7-8-19-13-11(14)12(15-9-16-13)17-10-5-3-2-4-6-10/h9-10H,2-8,14H2,1H3,(H,15,16,17). The first-order valence-electron chi connectivity index (χ1n) is 6.80. The Bertz CT molecular complexity index is 394. The summed E-state index contributed by atoms with van der Waals surface area (Å²) < 4.78 is 10.4. The summed E-state index contributed by atoms with van der Waals surface area (Å²) in [7, 11) is 1.63. The van der Waals surface area contributed by atoms with Crippen LogP contribution in [0.25, 0.3) is 0 Å². The molecule has 1 aromatic heterocycles. The lowest BCUT2D eigenvalue weighted by Crippen LogP contribution is -2.23. The predicted octanol–water partition coefficient (Wildman–Crippen LogP) is 1.83.